The summed E-state index contributed by atoms with van der Waals surface area (Å²) in [5, 5.41) is 0.735. The van der Waals surface area contributed by atoms with E-state index in [0.29, 0.717) is 15.6 Å². The van der Waals surface area contributed by atoms with Crippen LogP contribution in [0, 0.1) is 5.92 Å². The third kappa shape index (κ3) is 4.58. The predicted molar refractivity (Wildman–Crippen MR) is 79.5 cm³/mol. The first-order valence-corrected chi connectivity index (χ1v) is 8.08. The van der Waals surface area contributed by atoms with E-state index in [1.807, 2.05) is 0 Å². The van der Waals surface area contributed by atoms with Crippen LogP contribution in [0.4, 0.5) is 0 Å². The first kappa shape index (κ1) is 17.7. The van der Waals surface area contributed by atoms with Gasteiger partial charge in [-0.05, 0) is 18.1 Å². The van der Waals surface area contributed by atoms with Crippen LogP contribution in [-0.4, -0.2) is 26.1 Å². The zero-order valence-corrected chi connectivity index (χ0v) is 13.6. The second kappa shape index (κ2) is 7.06. The van der Waals surface area contributed by atoms with Crippen LogP contribution in [0.2, 0.25) is 10.0 Å². The molecule has 1 aromatic rings. The lowest BCUT2D eigenvalue weighted by Gasteiger charge is -2.30. The van der Waals surface area contributed by atoms with Gasteiger partial charge in [0.25, 0.3) is 0 Å². The number of hydrogen-bond donors (Lipinski definition) is 2. The highest BCUT2D eigenvalue weighted by atomic mass is 35.5. The summed E-state index contributed by atoms with van der Waals surface area (Å²) in [7, 11) is -2.95. The van der Waals surface area contributed by atoms with Crippen molar-refractivity contribution in [3.8, 4) is 0 Å². The van der Waals surface area contributed by atoms with Gasteiger partial charge in [-0.1, -0.05) is 43.1 Å². The normalized spacial score (nSPS) is 15.3. The monoisotopic (exact) mass is 341 g/mol. The lowest BCUT2D eigenvalue weighted by molar-refractivity contribution is 0.0596. The van der Waals surface area contributed by atoms with E-state index >= 15 is 0 Å². The fourth-order valence-corrected chi connectivity index (χ4v) is 3.30. The molecule has 2 N–H and O–H groups in total. The molecular formula is C12H17Cl2NO4S. The van der Waals surface area contributed by atoms with Crippen LogP contribution in [0.1, 0.15) is 25.5 Å². The summed E-state index contributed by atoms with van der Waals surface area (Å²) in [4.78, 5) is 0. The van der Waals surface area contributed by atoms with Gasteiger partial charge in [-0.2, -0.15) is 13.1 Å². The molecule has 0 saturated carbocycles. The number of nitrogens with one attached hydrogen (secondary N) is 1. The van der Waals surface area contributed by atoms with Crippen molar-refractivity contribution in [2.75, 3.05) is 7.11 Å². The van der Waals surface area contributed by atoms with Gasteiger partial charge >= 0.3 is 10.3 Å². The highest BCUT2D eigenvalue weighted by Crippen LogP contribution is 2.35. The molecule has 0 fully saturated rings. The van der Waals surface area contributed by atoms with E-state index in [1.165, 1.54) is 7.11 Å². The average Bonchev–Trinajstić information content (AvgIpc) is 2.30. The van der Waals surface area contributed by atoms with Gasteiger partial charge in [0.2, 0.25) is 0 Å². The Balaban J connectivity index is 3.27. The molecule has 0 bridgehead atoms. The van der Waals surface area contributed by atoms with Crippen LogP contribution >= 0.6 is 23.2 Å². The SMILES string of the molecule is CO[C@H](c1c(Cl)cccc1Cl)[C@H](NS(=O)(=O)O)C(C)C. The average molecular weight is 342 g/mol. The molecule has 0 aliphatic carbocycles. The molecule has 1 rings (SSSR count). The van der Waals surface area contributed by atoms with Crippen molar-refractivity contribution in [1.29, 1.82) is 0 Å². The van der Waals surface area contributed by atoms with Gasteiger partial charge in [0.1, 0.15) is 6.10 Å². The van der Waals surface area contributed by atoms with Crippen molar-refractivity contribution in [2.45, 2.75) is 26.0 Å². The first-order valence-electron chi connectivity index (χ1n) is 5.88. The number of halogens is 2. The topological polar surface area (TPSA) is 75.6 Å². The molecule has 0 aliphatic heterocycles. The Bertz CT molecular complexity index is 542. The highest BCUT2D eigenvalue weighted by Gasteiger charge is 2.32. The van der Waals surface area contributed by atoms with Gasteiger partial charge in [0.15, 0.2) is 0 Å². The Morgan fingerprint density at radius 1 is 1.25 bits per heavy atom. The number of methoxy groups -OCH3 is 1. The summed E-state index contributed by atoms with van der Waals surface area (Å²) in [6.07, 6.45) is -0.724. The van der Waals surface area contributed by atoms with Crippen LogP contribution in [0.5, 0.6) is 0 Å². The minimum atomic E-state index is -4.37. The maximum atomic E-state index is 11.1. The van der Waals surface area contributed by atoms with E-state index in [-0.39, 0.29) is 5.92 Å². The summed E-state index contributed by atoms with van der Waals surface area (Å²) in [5.41, 5.74) is 0.480. The summed E-state index contributed by atoms with van der Waals surface area (Å²) < 4.78 is 38.7. The minimum absolute atomic E-state index is 0.158. The number of benzene rings is 1. The lowest BCUT2D eigenvalue weighted by atomic mass is 9.94. The zero-order valence-electron chi connectivity index (χ0n) is 11.3. The molecular weight excluding hydrogens is 325 g/mol. The van der Waals surface area contributed by atoms with Gasteiger partial charge in [0.05, 0.1) is 6.04 Å². The molecule has 0 aromatic heterocycles. The van der Waals surface area contributed by atoms with E-state index in [0.717, 1.165) is 0 Å². The number of ether oxygens (including phenoxy) is 1. The first-order chi connectivity index (χ1) is 9.17. The smallest absolute Gasteiger partial charge is 0.333 e. The summed E-state index contributed by atoms with van der Waals surface area (Å²) >= 11 is 12.2. The molecule has 114 valence electrons. The standard InChI is InChI=1S/C12H17Cl2NO4S/c1-7(2)11(15-20(16,17)18)12(19-3)10-8(13)5-4-6-9(10)14/h4-7,11-12,15H,1-3H3,(H,16,17,18)/t11-,12-/m1/s1. The molecule has 0 unspecified atom stereocenters. The van der Waals surface area contributed by atoms with Gasteiger partial charge in [-0.3, -0.25) is 4.55 Å². The highest BCUT2D eigenvalue weighted by molar-refractivity contribution is 7.83. The second-order valence-electron chi connectivity index (χ2n) is 4.65. The Labute approximate surface area is 129 Å². The lowest BCUT2D eigenvalue weighted by Crippen LogP contribution is -2.43. The van der Waals surface area contributed by atoms with Crippen molar-refractivity contribution >= 4 is 33.5 Å². The van der Waals surface area contributed by atoms with Crippen molar-refractivity contribution in [1.82, 2.24) is 4.72 Å². The Morgan fingerprint density at radius 3 is 2.10 bits per heavy atom. The van der Waals surface area contributed by atoms with Crippen LogP contribution in [0.3, 0.4) is 0 Å². The van der Waals surface area contributed by atoms with Gasteiger partial charge in [-0.25, -0.2) is 0 Å². The molecule has 0 saturated heterocycles. The third-order valence-corrected chi connectivity index (χ3v) is 4.10. The largest absolute Gasteiger partial charge is 0.375 e. The second-order valence-corrected chi connectivity index (χ2v) is 6.65. The Hall–Kier alpha value is -0.370. The third-order valence-electron chi connectivity index (χ3n) is 2.87. The molecule has 0 heterocycles. The molecule has 8 heteroatoms. The molecule has 0 spiro atoms. The van der Waals surface area contributed by atoms with Crippen LogP contribution in [0.15, 0.2) is 18.2 Å². The summed E-state index contributed by atoms with van der Waals surface area (Å²) in [5.74, 6) is -0.158. The van der Waals surface area contributed by atoms with Crippen LogP contribution in [-0.2, 0) is 15.0 Å². The van der Waals surface area contributed by atoms with Gasteiger partial charge in [0, 0.05) is 22.7 Å². The molecule has 0 radical (unpaired) electrons. The molecule has 0 amide bonds. The maximum Gasteiger partial charge on any atom is 0.333 e. The van der Waals surface area contributed by atoms with Crippen molar-refractivity contribution < 1.29 is 17.7 Å². The minimum Gasteiger partial charge on any atom is -0.375 e. The molecule has 2 atom stereocenters. The van der Waals surface area contributed by atoms with Gasteiger partial charge < -0.3 is 4.74 Å². The molecule has 1 aromatic carbocycles. The van der Waals surface area contributed by atoms with E-state index in [2.05, 4.69) is 4.72 Å². The predicted octanol–water partition coefficient (Wildman–Crippen LogP) is 3.10. The zero-order chi connectivity index (χ0) is 15.5. The number of hydrogen-bond acceptors (Lipinski definition) is 3. The number of rotatable bonds is 6. The fourth-order valence-electron chi connectivity index (χ4n) is 1.95. The van der Waals surface area contributed by atoms with E-state index in [1.54, 1.807) is 32.0 Å². The molecule has 0 aliphatic rings. The molecule has 20 heavy (non-hydrogen) atoms. The quantitative estimate of drug-likeness (QED) is 0.779. The van der Waals surface area contributed by atoms with Crippen LogP contribution < -0.4 is 4.72 Å². The van der Waals surface area contributed by atoms with E-state index < -0.39 is 22.4 Å². The molecule has 5 nitrogen and oxygen atoms in total. The van der Waals surface area contributed by atoms with Crippen LogP contribution in [0.25, 0.3) is 0 Å². The summed E-state index contributed by atoms with van der Waals surface area (Å²) in [6, 6.07) is 4.24. The van der Waals surface area contributed by atoms with Crippen molar-refractivity contribution in [3.63, 3.8) is 0 Å². The van der Waals surface area contributed by atoms with E-state index in [9.17, 15) is 8.42 Å². The Kier molecular flexibility index (Phi) is 6.25. The van der Waals surface area contributed by atoms with Gasteiger partial charge in [-0.15, -0.1) is 0 Å². The fraction of sp³-hybridized carbons (Fsp3) is 0.500. The maximum absolute atomic E-state index is 11.1. The Morgan fingerprint density at radius 2 is 1.75 bits per heavy atom. The van der Waals surface area contributed by atoms with E-state index in [4.69, 9.17) is 32.5 Å². The van der Waals surface area contributed by atoms with Crippen molar-refractivity contribution in [3.05, 3.63) is 33.8 Å². The van der Waals surface area contributed by atoms with Crippen molar-refractivity contribution in [2.24, 2.45) is 5.92 Å². The summed E-state index contributed by atoms with van der Waals surface area (Å²) in [6.45, 7) is 3.58.